The maximum atomic E-state index is 5.33. The average molecular weight is 277 g/mol. The number of hydrogen-bond donors (Lipinski definition) is 1. The lowest BCUT2D eigenvalue weighted by molar-refractivity contribution is 0.0398. The van der Waals surface area contributed by atoms with Crippen LogP contribution in [0.25, 0.3) is 11.0 Å². The predicted molar refractivity (Wildman–Crippen MR) is 76.3 cm³/mol. The third-order valence-electron chi connectivity index (χ3n) is 3.50. The third-order valence-corrected chi connectivity index (χ3v) is 3.50. The van der Waals surface area contributed by atoms with Gasteiger partial charge in [0.25, 0.3) is 0 Å². The van der Waals surface area contributed by atoms with Crippen LogP contribution in [0.1, 0.15) is 0 Å². The molecule has 1 aromatic carbocycles. The van der Waals surface area contributed by atoms with Gasteiger partial charge in [-0.05, 0) is 18.2 Å². The second-order valence-electron chi connectivity index (χ2n) is 4.77. The lowest BCUT2D eigenvalue weighted by atomic mass is 10.2. The Hall–Kier alpha value is -1.79. The first-order chi connectivity index (χ1) is 9.86. The first kappa shape index (κ1) is 13.2. The van der Waals surface area contributed by atoms with E-state index in [0.29, 0.717) is 0 Å². The number of fused-ring (bicyclic) bond motifs is 1. The summed E-state index contributed by atoms with van der Waals surface area (Å²) in [6.07, 6.45) is 0. The van der Waals surface area contributed by atoms with Gasteiger partial charge < -0.3 is 19.3 Å². The highest BCUT2D eigenvalue weighted by Crippen LogP contribution is 2.26. The minimum atomic E-state index is 0.764. The minimum absolute atomic E-state index is 0.764. The number of ether oxygens (including phenoxy) is 2. The van der Waals surface area contributed by atoms with E-state index in [0.717, 1.165) is 61.9 Å². The van der Waals surface area contributed by atoms with Gasteiger partial charge in [0.15, 0.2) is 11.4 Å². The molecule has 0 saturated carbocycles. The van der Waals surface area contributed by atoms with E-state index in [9.17, 15) is 0 Å². The van der Waals surface area contributed by atoms with Gasteiger partial charge in [0.2, 0.25) is 0 Å². The van der Waals surface area contributed by atoms with Crippen molar-refractivity contribution >= 4 is 16.8 Å². The van der Waals surface area contributed by atoms with Crippen LogP contribution in [0.4, 0.5) is 5.82 Å². The standard InChI is InChI=1S/C14H19N3O3/c1-18-11-2-3-13-12(10-11)14(16-20-13)15-4-5-17-6-8-19-9-7-17/h2-3,10H,4-9H2,1H3,(H,15,16). The van der Waals surface area contributed by atoms with E-state index in [1.807, 2.05) is 18.2 Å². The number of aromatic nitrogens is 1. The lowest BCUT2D eigenvalue weighted by Crippen LogP contribution is -2.39. The summed E-state index contributed by atoms with van der Waals surface area (Å²) in [4.78, 5) is 2.37. The van der Waals surface area contributed by atoms with Gasteiger partial charge in [0.1, 0.15) is 5.75 Å². The van der Waals surface area contributed by atoms with Crippen LogP contribution in [0.3, 0.4) is 0 Å². The van der Waals surface area contributed by atoms with Crippen molar-refractivity contribution in [3.05, 3.63) is 18.2 Å². The molecule has 1 aliphatic heterocycles. The Morgan fingerprint density at radius 1 is 1.35 bits per heavy atom. The highest BCUT2D eigenvalue weighted by molar-refractivity contribution is 5.89. The van der Waals surface area contributed by atoms with Gasteiger partial charge in [0, 0.05) is 26.2 Å². The SMILES string of the molecule is COc1ccc2onc(NCCN3CCOCC3)c2c1. The molecule has 0 aliphatic carbocycles. The Morgan fingerprint density at radius 2 is 2.20 bits per heavy atom. The zero-order valence-electron chi connectivity index (χ0n) is 11.6. The van der Waals surface area contributed by atoms with E-state index in [1.54, 1.807) is 7.11 Å². The Bertz CT molecular complexity index is 564. The molecule has 0 spiro atoms. The van der Waals surface area contributed by atoms with Crippen LogP contribution in [-0.2, 0) is 4.74 Å². The van der Waals surface area contributed by atoms with Crippen LogP contribution < -0.4 is 10.1 Å². The van der Waals surface area contributed by atoms with Crippen molar-refractivity contribution in [2.75, 3.05) is 51.8 Å². The Balaban J connectivity index is 1.62. The summed E-state index contributed by atoms with van der Waals surface area (Å²) in [6, 6.07) is 5.67. The van der Waals surface area contributed by atoms with Gasteiger partial charge in [-0.25, -0.2) is 0 Å². The molecule has 6 nitrogen and oxygen atoms in total. The number of nitrogens with zero attached hydrogens (tertiary/aromatic N) is 2. The molecule has 3 rings (SSSR count). The summed E-state index contributed by atoms with van der Waals surface area (Å²) in [5.41, 5.74) is 0.764. The van der Waals surface area contributed by atoms with E-state index in [-0.39, 0.29) is 0 Å². The van der Waals surface area contributed by atoms with Crippen molar-refractivity contribution in [1.82, 2.24) is 10.1 Å². The molecule has 0 atom stereocenters. The monoisotopic (exact) mass is 277 g/mol. The predicted octanol–water partition coefficient (Wildman–Crippen LogP) is 1.58. The molecule has 0 unspecified atom stereocenters. The molecular weight excluding hydrogens is 258 g/mol. The maximum absolute atomic E-state index is 5.33. The van der Waals surface area contributed by atoms with Crippen molar-refractivity contribution < 1.29 is 14.0 Å². The van der Waals surface area contributed by atoms with E-state index in [1.165, 1.54) is 0 Å². The largest absolute Gasteiger partial charge is 0.497 e. The fraction of sp³-hybridized carbons (Fsp3) is 0.500. The fourth-order valence-electron chi connectivity index (χ4n) is 2.33. The number of morpholine rings is 1. The number of benzene rings is 1. The van der Waals surface area contributed by atoms with Gasteiger partial charge in [-0.2, -0.15) is 0 Å². The summed E-state index contributed by atoms with van der Waals surface area (Å²) in [5.74, 6) is 1.57. The summed E-state index contributed by atoms with van der Waals surface area (Å²) in [7, 11) is 1.65. The van der Waals surface area contributed by atoms with E-state index in [2.05, 4.69) is 15.4 Å². The number of anilines is 1. The highest BCUT2D eigenvalue weighted by Gasteiger charge is 2.11. The van der Waals surface area contributed by atoms with Crippen LogP contribution in [0, 0.1) is 0 Å². The molecule has 1 N–H and O–H groups in total. The van der Waals surface area contributed by atoms with Crippen molar-refractivity contribution in [2.24, 2.45) is 0 Å². The van der Waals surface area contributed by atoms with Crippen LogP contribution in [0.2, 0.25) is 0 Å². The van der Waals surface area contributed by atoms with Crippen molar-refractivity contribution in [3.8, 4) is 5.75 Å². The van der Waals surface area contributed by atoms with Gasteiger partial charge in [-0.1, -0.05) is 5.16 Å². The summed E-state index contributed by atoms with van der Waals surface area (Å²) < 4.78 is 15.8. The molecule has 1 aliphatic rings. The minimum Gasteiger partial charge on any atom is -0.497 e. The highest BCUT2D eigenvalue weighted by atomic mass is 16.5. The molecule has 1 fully saturated rings. The lowest BCUT2D eigenvalue weighted by Gasteiger charge is -2.26. The van der Waals surface area contributed by atoms with Crippen molar-refractivity contribution in [1.29, 1.82) is 0 Å². The second kappa shape index (κ2) is 6.11. The van der Waals surface area contributed by atoms with Crippen LogP contribution >= 0.6 is 0 Å². The van der Waals surface area contributed by atoms with Crippen molar-refractivity contribution in [2.45, 2.75) is 0 Å². The summed E-state index contributed by atoms with van der Waals surface area (Å²) in [6.45, 7) is 5.44. The Morgan fingerprint density at radius 3 is 3.00 bits per heavy atom. The third kappa shape index (κ3) is 2.86. The summed E-state index contributed by atoms with van der Waals surface area (Å²) >= 11 is 0. The Kier molecular flexibility index (Phi) is 4.03. The first-order valence-electron chi connectivity index (χ1n) is 6.84. The van der Waals surface area contributed by atoms with Crippen LogP contribution in [0.15, 0.2) is 22.7 Å². The zero-order valence-corrected chi connectivity index (χ0v) is 11.6. The van der Waals surface area contributed by atoms with Gasteiger partial charge in [0.05, 0.1) is 25.7 Å². The normalized spacial score (nSPS) is 16.4. The molecule has 1 aromatic heterocycles. The van der Waals surface area contributed by atoms with Gasteiger partial charge >= 0.3 is 0 Å². The molecule has 20 heavy (non-hydrogen) atoms. The topological polar surface area (TPSA) is 59.8 Å². The van der Waals surface area contributed by atoms with Gasteiger partial charge in [-0.3, -0.25) is 4.90 Å². The number of methoxy groups -OCH3 is 1. The zero-order chi connectivity index (χ0) is 13.8. The quantitative estimate of drug-likeness (QED) is 0.895. The molecular formula is C14H19N3O3. The van der Waals surface area contributed by atoms with E-state index < -0.39 is 0 Å². The molecule has 6 heteroatoms. The van der Waals surface area contributed by atoms with Crippen molar-refractivity contribution in [3.63, 3.8) is 0 Å². The van der Waals surface area contributed by atoms with E-state index in [4.69, 9.17) is 14.0 Å². The Labute approximate surface area is 117 Å². The van der Waals surface area contributed by atoms with Crippen LogP contribution in [0.5, 0.6) is 5.75 Å². The molecule has 0 bridgehead atoms. The maximum Gasteiger partial charge on any atom is 0.177 e. The van der Waals surface area contributed by atoms with E-state index >= 15 is 0 Å². The molecule has 1 saturated heterocycles. The average Bonchev–Trinajstić information content (AvgIpc) is 2.91. The van der Waals surface area contributed by atoms with Gasteiger partial charge in [-0.15, -0.1) is 0 Å². The molecule has 2 aromatic rings. The second-order valence-corrected chi connectivity index (χ2v) is 4.77. The number of rotatable bonds is 5. The number of hydrogen-bond acceptors (Lipinski definition) is 6. The number of nitrogens with one attached hydrogen (secondary N) is 1. The first-order valence-corrected chi connectivity index (χ1v) is 6.84. The molecule has 108 valence electrons. The molecule has 0 amide bonds. The molecule has 2 heterocycles. The molecule has 0 radical (unpaired) electrons. The summed E-state index contributed by atoms with van der Waals surface area (Å²) in [5, 5.41) is 8.34. The smallest absolute Gasteiger partial charge is 0.177 e. The van der Waals surface area contributed by atoms with Crippen LogP contribution in [-0.4, -0.2) is 56.6 Å². The fourth-order valence-corrected chi connectivity index (χ4v) is 2.33.